The lowest BCUT2D eigenvalue weighted by Gasteiger charge is -2.22. The second-order valence-corrected chi connectivity index (χ2v) is 6.89. The molecule has 0 aliphatic heterocycles. The van der Waals surface area contributed by atoms with Crippen LogP contribution in [0.2, 0.25) is 0 Å². The quantitative estimate of drug-likeness (QED) is 0.351. The number of alkyl halides is 2. The van der Waals surface area contributed by atoms with Gasteiger partial charge in [-0.3, -0.25) is 15.3 Å². The molecule has 1 saturated carbocycles. The molecular weight excluding hydrogens is 366 g/mol. The van der Waals surface area contributed by atoms with Crippen LogP contribution in [0.15, 0.2) is 47.6 Å². The van der Waals surface area contributed by atoms with Crippen molar-refractivity contribution in [1.82, 2.24) is 0 Å². The molecule has 0 spiro atoms. The van der Waals surface area contributed by atoms with Gasteiger partial charge in [-0.05, 0) is 52.1 Å². The van der Waals surface area contributed by atoms with E-state index in [1.807, 2.05) is 0 Å². The summed E-state index contributed by atoms with van der Waals surface area (Å²) in [5.41, 5.74) is 6.45. The largest absolute Gasteiger partial charge is 0.326 e. The van der Waals surface area contributed by atoms with Crippen molar-refractivity contribution in [3.63, 3.8) is 0 Å². The monoisotopic (exact) mass is 384 g/mol. The van der Waals surface area contributed by atoms with E-state index in [1.54, 1.807) is 42.5 Å². The van der Waals surface area contributed by atoms with E-state index < -0.39 is 17.5 Å². The van der Waals surface area contributed by atoms with Crippen LogP contribution in [-0.2, 0) is 15.6 Å². The lowest BCUT2D eigenvalue weighted by molar-refractivity contribution is -0.130. The lowest BCUT2D eigenvalue weighted by Crippen LogP contribution is -2.26. The molecule has 3 rings (SSSR count). The van der Waals surface area contributed by atoms with Gasteiger partial charge in [0.1, 0.15) is 17.3 Å². The molecule has 2 aromatic rings. The maximum Gasteiger partial charge on any atom is 0.326 e. The molecule has 0 amide bonds. The summed E-state index contributed by atoms with van der Waals surface area (Å²) in [6, 6.07) is 7.14. The molecule has 0 aromatic heterocycles. The van der Waals surface area contributed by atoms with Gasteiger partial charge in [-0.15, -0.1) is 4.91 Å². The second kappa shape index (κ2) is 7.90. The van der Waals surface area contributed by atoms with E-state index in [4.69, 9.17) is 5.73 Å². The number of nitrogens with two attached hydrogens (primary N) is 1. The van der Waals surface area contributed by atoms with Crippen LogP contribution >= 0.6 is 0 Å². The molecule has 5 nitrogen and oxygen atoms in total. The highest BCUT2D eigenvalue weighted by Gasteiger charge is 2.30. The first-order valence-electron chi connectivity index (χ1n) is 8.71. The third-order valence-electron chi connectivity index (χ3n) is 4.62. The standard InChI is InChI=1S/C21H18F2N2O3/c22-21(23,24)17-7-14(5-4-13-2-1-3-18(8-13)25-28)6-15(9-17)16-10-19(26)12-20(27)11-16/h1-9,16H,10-12,24H2/b5-4+. The SMILES string of the molecule is NC(F)(F)c1cc(/C=C/c2cccc(N=O)c2)cc(C2CC(=O)CC(=O)C2)c1. The molecule has 7 heteroatoms. The molecule has 0 radical (unpaired) electrons. The molecule has 0 unspecified atom stereocenters. The maximum absolute atomic E-state index is 13.8. The summed E-state index contributed by atoms with van der Waals surface area (Å²) in [5.74, 6) is -0.825. The second-order valence-electron chi connectivity index (χ2n) is 6.89. The number of rotatable bonds is 5. The topological polar surface area (TPSA) is 89.6 Å². The van der Waals surface area contributed by atoms with E-state index in [0.29, 0.717) is 16.7 Å². The number of carbonyl (C=O) groups is 2. The number of benzene rings is 2. The van der Waals surface area contributed by atoms with Gasteiger partial charge in [-0.25, -0.2) is 0 Å². The summed E-state index contributed by atoms with van der Waals surface area (Å²) >= 11 is 0. The number of carbonyl (C=O) groups excluding carboxylic acids is 2. The Morgan fingerprint density at radius 1 is 1.00 bits per heavy atom. The Labute approximate surface area is 160 Å². The summed E-state index contributed by atoms with van der Waals surface area (Å²) in [6.07, 6.45) is 3.44. The Balaban J connectivity index is 1.98. The number of ketones is 2. The molecule has 0 atom stereocenters. The highest BCUT2D eigenvalue weighted by molar-refractivity contribution is 6.02. The van der Waals surface area contributed by atoms with Crippen molar-refractivity contribution < 1.29 is 18.4 Å². The van der Waals surface area contributed by atoms with E-state index in [2.05, 4.69) is 5.18 Å². The Morgan fingerprint density at radius 2 is 1.68 bits per heavy atom. The highest BCUT2D eigenvalue weighted by Crippen LogP contribution is 2.33. The van der Waals surface area contributed by atoms with E-state index in [9.17, 15) is 23.3 Å². The molecule has 0 bridgehead atoms. The zero-order valence-corrected chi connectivity index (χ0v) is 14.9. The molecule has 2 N–H and O–H groups in total. The molecule has 0 heterocycles. The Kier molecular flexibility index (Phi) is 5.56. The molecule has 28 heavy (non-hydrogen) atoms. The summed E-state index contributed by atoms with van der Waals surface area (Å²) in [7, 11) is 0. The van der Waals surface area contributed by atoms with E-state index in [-0.39, 0.29) is 36.5 Å². The predicted octanol–water partition coefficient (Wildman–Crippen LogP) is 4.67. The number of nitroso groups, excluding NO2 is 1. The van der Waals surface area contributed by atoms with Crippen LogP contribution in [0, 0.1) is 4.91 Å². The summed E-state index contributed by atoms with van der Waals surface area (Å²) in [5, 5.41) is 2.86. The number of hydrogen-bond donors (Lipinski definition) is 1. The fraction of sp³-hybridized carbons (Fsp3) is 0.238. The molecule has 2 aromatic carbocycles. The first-order chi connectivity index (χ1) is 13.2. The number of halogens is 2. The molecule has 144 valence electrons. The first kappa shape index (κ1) is 19.7. The zero-order valence-electron chi connectivity index (χ0n) is 14.9. The van der Waals surface area contributed by atoms with Crippen molar-refractivity contribution in [3.8, 4) is 0 Å². The minimum atomic E-state index is -3.55. The van der Waals surface area contributed by atoms with Crippen LogP contribution < -0.4 is 5.73 Å². The minimum Gasteiger partial charge on any atom is -0.299 e. The summed E-state index contributed by atoms with van der Waals surface area (Å²) in [4.78, 5) is 34.1. The van der Waals surface area contributed by atoms with Gasteiger partial charge in [-0.2, -0.15) is 8.78 Å². The van der Waals surface area contributed by atoms with Gasteiger partial charge in [0.05, 0.1) is 6.42 Å². The summed E-state index contributed by atoms with van der Waals surface area (Å²) < 4.78 is 27.5. The molecule has 1 fully saturated rings. The fourth-order valence-electron chi connectivity index (χ4n) is 3.30. The van der Waals surface area contributed by atoms with Crippen molar-refractivity contribution in [2.45, 2.75) is 31.2 Å². The van der Waals surface area contributed by atoms with Crippen molar-refractivity contribution in [2.24, 2.45) is 10.9 Å². The van der Waals surface area contributed by atoms with Crippen LogP contribution in [0.25, 0.3) is 12.2 Å². The number of nitrogens with zero attached hydrogens (tertiary/aromatic N) is 1. The Bertz CT molecular complexity index is 948. The predicted molar refractivity (Wildman–Crippen MR) is 102 cm³/mol. The zero-order chi connectivity index (χ0) is 20.3. The van der Waals surface area contributed by atoms with Crippen LogP contribution in [0.4, 0.5) is 14.5 Å². The van der Waals surface area contributed by atoms with E-state index >= 15 is 0 Å². The molecular formula is C21H18F2N2O3. The van der Waals surface area contributed by atoms with Crippen molar-refractivity contribution in [3.05, 3.63) is 69.6 Å². The van der Waals surface area contributed by atoms with Crippen LogP contribution in [0.1, 0.15) is 47.4 Å². The normalized spacial score (nSPS) is 16.0. The lowest BCUT2D eigenvalue weighted by atomic mass is 9.81. The van der Waals surface area contributed by atoms with Gasteiger partial charge in [0, 0.05) is 18.4 Å². The Morgan fingerprint density at radius 3 is 2.32 bits per heavy atom. The fourth-order valence-corrected chi connectivity index (χ4v) is 3.30. The van der Waals surface area contributed by atoms with Crippen LogP contribution in [-0.4, -0.2) is 11.6 Å². The van der Waals surface area contributed by atoms with Crippen LogP contribution in [0.5, 0.6) is 0 Å². The average Bonchev–Trinajstić information content (AvgIpc) is 2.65. The van der Waals surface area contributed by atoms with E-state index in [0.717, 1.165) is 0 Å². The van der Waals surface area contributed by atoms with Crippen molar-refractivity contribution in [2.75, 3.05) is 0 Å². The summed E-state index contributed by atoms with van der Waals surface area (Å²) in [6.45, 7) is 0. The van der Waals surface area contributed by atoms with Gasteiger partial charge in [0.15, 0.2) is 0 Å². The molecule has 1 aliphatic carbocycles. The minimum absolute atomic E-state index is 0.100. The van der Waals surface area contributed by atoms with Gasteiger partial charge in [0.25, 0.3) is 0 Å². The van der Waals surface area contributed by atoms with Crippen molar-refractivity contribution in [1.29, 1.82) is 0 Å². The smallest absolute Gasteiger partial charge is 0.299 e. The third kappa shape index (κ3) is 4.80. The number of hydrogen-bond acceptors (Lipinski definition) is 5. The third-order valence-corrected chi connectivity index (χ3v) is 4.62. The maximum atomic E-state index is 13.8. The van der Waals surface area contributed by atoms with Gasteiger partial charge in [0.2, 0.25) is 0 Å². The number of Topliss-reactive ketones (excluding diaryl/α,β-unsaturated/α-hetero) is 2. The first-order valence-corrected chi connectivity index (χ1v) is 8.71. The average molecular weight is 384 g/mol. The molecule has 1 aliphatic rings. The highest BCUT2D eigenvalue weighted by atomic mass is 19.3. The van der Waals surface area contributed by atoms with Gasteiger partial charge >= 0.3 is 6.05 Å². The van der Waals surface area contributed by atoms with E-state index in [1.165, 1.54) is 12.1 Å². The van der Waals surface area contributed by atoms with Crippen molar-refractivity contribution >= 4 is 29.4 Å². The Hall–Kier alpha value is -3.06. The van der Waals surface area contributed by atoms with Crippen LogP contribution in [0.3, 0.4) is 0 Å². The molecule has 0 saturated heterocycles. The van der Waals surface area contributed by atoms with Gasteiger partial charge in [-0.1, -0.05) is 30.4 Å². The van der Waals surface area contributed by atoms with Gasteiger partial charge < -0.3 is 0 Å².